The minimum absolute atomic E-state index is 0.745. The predicted octanol–water partition coefficient (Wildman–Crippen LogP) is 3.38. The largest absolute Gasteiger partial charge is 0.312 e. The molecule has 0 aliphatic rings. The number of hydrogen-bond donors (Lipinski definition) is 1. The number of hydrogen-bond acceptors (Lipinski definition) is 1. The van der Waals surface area contributed by atoms with Crippen LogP contribution >= 0.6 is 0 Å². The van der Waals surface area contributed by atoms with Crippen LogP contribution in [-0.2, 0) is 6.54 Å². The Morgan fingerprint density at radius 1 is 1.20 bits per heavy atom. The van der Waals surface area contributed by atoms with E-state index in [-0.39, 0.29) is 0 Å². The van der Waals surface area contributed by atoms with Crippen molar-refractivity contribution in [3.8, 4) is 0 Å². The third-order valence-corrected chi connectivity index (χ3v) is 3.02. The third-order valence-electron chi connectivity index (χ3n) is 3.02. The summed E-state index contributed by atoms with van der Waals surface area (Å²) in [5.74, 6) is 1.50. The summed E-state index contributed by atoms with van der Waals surface area (Å²) < 4.78 is 0. The maximum atomic E-state index is 3.51. The van der Waals surface area contributed by atoms with E-state index >= 15 is 0 Å². The Morgan fingerprint density at radius 3 is 2.53 bits per heavy atom. The van der Waals surface area contributed by atoms with Crippen LogP contribution in [-0.4, -0.2) is 6.54 Å². The van der Waals surface area contributed by atoms with E-state index in [0.717, 1.165) is 24.9 Å². The minimum Gasteiger partial charge on any atom is -0.312 e. The fourth-order valence-corrected chi connectivity index (χ4v) is 1.50. The van der Waals surface area contributed by atoms with Gasteiger partial charge >= 0.3 is 0 Å². The van der Waals surface area contributed by atoms with Crippen molar-refractivity contribution in [1.29, 1.82) is 0 Å². The second-order valence-electron chi connectivity index (χ2n) is 4.84. The first-order chi connectivity index (χ1) is 7.09. The van der Waals surface area contributed by atoms with E-state index in [1.54, 1.807) is 0 Å². The molecule has 0 amide bonds. The van der Waals surface area contributed by atoms with Crippen LogP contribution in [0.4, 0.5) is 0 Å². The van der Waals surface area contributed by atoms with Gasteiger partial charge in [-0.2, -0.15) is 0 Å². The van der Waals surface area contributed by atoms with Crippen molar-refractivity contribution in [2.45, 2.75) is 34.2 Å². The first-order valence-electron chi connectivity index (χ1n) is 5.86. The highest BCUT2D eigenvalue weighted by Gasteiger charge is 2.05. The summed E-state index contributed by atoms with van der Waals surface area (Å²) in [5, 5.41) is 3.51. The molecule has 0 fully saturated rings. The lowest BCUT2D eigenvalue weighted by atomic mass is 9.98. The molecule has 0 radical (unpaired) electrons. The van der Waals surface area contributed by atoms with Crippen molar-refractivity contribution in [3.63, 3.8) is 0 Å². The van der Waals surface area contributed by atoms with Gasteiger partial charge in [0.25, 0.3) is 0 Å². The normalized spacial score (nSPS) is 13.1. The second kappa shape index (κ2) is 5.92. The van der Waals surface area contributed by atoms with Crippen LogP contribution < -0.4 is 5.32 Å². The van der Waals surface area contributed by atoms with Crippen molar-refractivity contribution < 1.29 is 0 Å². The summed E-state index contributed by atoms with van der Waals surface area (Å²) in [6.45, 7) is 11.1. The van der Waals surface area contributed by atoms with Crippen LogP contribution in [0.2, 0.25) is 0 Å². The number of nitrogens with one attached hydrogen (secondary N) is 1. The van der Waals surface area contributed by atoms with Gasteiger partial charge < -0.3 is 5.32 Å². The quantitative estimate of drug-likeness (QED) is 0.777. The molecule has 0 bridgehead atoms. The molecule has 1 atom stereocenters. The summed E-state index contributed by atoms with van der Waals surface area (Å²) in [6.07, 6.45) is 0. The molecule has 1 nitrogen and oxygen atoms in total. The lowest BCUT2D eigenvalue weighted by Gasteiger charge is -2.16. The van der Waals surface area contributed by atoms with Crippen molar-refractivity contribution in [2.24, 2.45) is 11.8 Å². The second-order valence-corrected chi connectivity index (χ2v) is 4.84. The van der Waals surface area contributed by atoms with E-state index in [1.165, 1.54) is 11.1 Å². The Morgan fingerprint density at radius 2 is 1.93 bits per heavy atom. The van der Waals surface area contributed by atoms with Crippen LogP contribution in [0, 0.1) is 18.8 Å². The third kappa shape index (κ3) is 4.48. The summed E-state index contributed by atoms with van der Waals surface area (Å²) in [4.78, 5) is 0. The molecule has 15 heavy (non-hydrogen) atoms. The fraction of sp³-hybridized carbons (Fsp3) is 0.571. The van der Waals surface area contributed by atoms with Crippen LogP contribution in [0.25, 0.3) is 0 Å². The molecule has 0 heterocycles. The maximum absolute atomic E-state index is 3.51. The van der Waals surface area contributed by atoms with E-state index < -0.39 is 0 Å². The van der Waals surface area contributed by atoms with E-state index in [2.05, 4.69) is 57.3 Å². The van der Waals surface area contributed by atoms with Gasteiger partial charge in [-0.05, 0) is 30.9 Å². The molecular weight excluding hydrogens is 182 g/mol. The molecule has 1 aromatic carbocycles. The van der Waals surface area contributed by atoms with E-state index in [9.17, 15) is 0 Å². The van der Waals surface area contributed by atoms with E-state index in [0.29, 0.717) is 0 Å². The predicted molar refractivity (Wildman–Crippen MR) is 66.9 cm³/mol. The molecule has 0 aliphatic heterocycles. The summed E-state index contributed by atoms with van der Waals surface area (Å²) in [6, 6.07) is 8.69. The molecule has 0 aromatic heterocycles. The number of benzene rings is 1. The SMILES string of the molecule is Cc1cccc(CNCC(C)C(C)C)c1. The zero-order valence-electron chi connectivity index (χ0n) is 10.4. The number of rotatable bonds is 5. The average Bonchev–Trinajstić information content (AvgIpc) is 2.17. The molecule has 1 unspecified atom stereocenters. The van der Waals surface area contributed by atoms with Crippen molar-refractivity contribution in [3.05, 3.63) is 35.4 Å². The molecular formula is C14H23N. The van der Waals surface area contributed by atoms with Crippen LogP contribution in [0.5, 0.6) is 0 Å². The van der Waals surface area contributed by atoms with Crippen LogP contribution in [0.1, 0.15) is 31.9 Å². The lowest BCUT2D eigenvalue weighted by molar-refractivity contribution is 0.392. The summed E-state index contributed by atoms with van der Waals surface area (Å²) >= 11 is 0. The first-order valence-corrected chi connectivity index (χ1v) is 5.86. The van der Waals surface area contributed by atoms with Crippen molar-refractivity contribution in [1.82, 2.24) is 5.32 Å². The molecule has 1 heteroatoms. The highest BCUT2D eigenvalue weighted by molar-refractivity contribution is 5.21. The lowest BCUT2D eigenvalue weighted by Crippen LogP contribution is -2.23. The Bertz CT molecular complexity index is 291. The fourth-order valence-electron chi connectivity index (χ4n) is 1.50. The van der Waals surface area contributed by atoms with Crippen molar-refractivity contribution in [2.75, 3.05) is 6.54 Å². The molecule has 0 spiro atoms. The van der Waals surface area contributed by atoms with Gasteiger partial charge in [0, 0.05) is 6.54 Å². The molecule has 0 saturated carbocycles. The Kier molecular flexibility index (Phi) is 4.83. The highest BCUT2D eigenvalue weighted by atomic mass is 14.9. The summed E-state index contributed by atoms with van der Waals surface area (Å²) in [7, 11) is 0. The van der Waals surface area contributed by atoms with Gasteiger partial charge in [-0.3, -0.25) is 0 Å². The maximum Gasteiger partial charge on any atom is 0.0205 e. The van der Waals surface area contributed by atoms with E-state index in [4.69, 9.17) is 0 Å². The minimum atomic E-state index is 0.745. The van der Waals surface area contributed by atoms with Gasteiger partial charge in [-0.15, -0.1) is 0 Å². The van der Waals surface area contributed by atoms with Gasteiger partial charge in [-0.25, -0.2) is 0 Å². The average molecular weight is 205 g/mol. The highest BCUT2D eigenvalue weighted by Crippen LogP contribution is 2.08. The molecule has 1 N–H and O–H groups in total. The molecule has 84 valence electrons. The van der Waals surface area contributed by atoms with Gasteiger partial charge in [0.2, 0.25) is 0 Å². The molecule has 0 saturated heterocycles. The van der Waals surface area contributed by atoms with Gasteiger partial charge in [0.15, 0.2) is 0 Å². The molecule has 0 aliphatic carbocycles. The number of aryl methyl sites for hydroxylation is 1. The Labute approximate surface area is 93.9 Å². The zero-order chi connectivity index (χ0) is 11.3. The standard InChI is InChI=1S/C14H23N/c1-11(2)13(4)9-15-10-14-7-5-6-12(3)8-14/h5-8,11,13,15H,9-10H2,1-4H3. The van der Waals surface area contributed by atoms with E-state index in [1.807, 2.05) is 0 Å². The van der Waals surface area contributed by atoms with Gasteiger partial charge in [-0.1, -0.05) is 50.6 Å². The summed E-state index contributed by atoms with van der Waals surface area (Å²) in [5.41, 5.74) is 2.72. The molecule has 1 rings (SSSR count). The molecule has 1 aromatic rings. The van der Waals surface area contributed by atoms with Crippen LogP contribution in [0.15, 0.2) is 24.3 Å². The van der Waals surface area contributed by atoms with Gasteiger partial charge in [0.1, 0.15) is 0 Å². The smallest absolute Gasteiger partial charge is 0.0205 e. The zero-order valence-corrected chi connectivity index (χ0v) is 10.4. The van der Waals surface area contributed by atoms with Crippen molar-refractivity contribution >= 4 is 0 Å². The first kappa shape index (κ1) is 12.3. The Balaban J connectivity index is 2.32. The Hall–Kier alpha value is -0.820. The topological polar surface area (TPSA) is 12.0 Å². The monoisotopic (exact) mass is 205 g/mol. The van der Waals surface area contributed by atoms with Gasteiger partial charge in [0.05, 0.1) is 0 Å². The van der Waals surface area contributed by atoms with Crippen LogP contribution in [0.3, 0.4) is 0 Å².